The average Bonchev–Trinajstić information content (AvgIpc) is 3.15. The third-order valence-corrected chi connectivity index (χ3v) is 6.24. The Hall–Kier alpha value is -2.52. The van der Waals surface area contributed by atoms with Crippen LogP contribution in [0.2, 0.25) is 0 Å². The summed E-state index contributed by atoms with van der Waals surface area (Å²) < 4.78 is 24.8. The molecule has 2 rings (SSSR count). The number of amides is 1. The van der Waals surface area contributed by atoms with Crippen LogP contribution in [0, 0.1) is 5.92 Å². The van der Waals surface area contributed by atoms with Crippen LogP contribution in [0.15, 0.2) is 46.7 Å². The minimum Gasteiger partial charge on any atom is -0.480 e. The lowest BCUT2D eigenvalue weighted by atomic mass is 9.84. The van der Waals surface area contributed by atoms with Crippen molar-refractivity contribution in [3.63, 3.8) is 0 Å². The van der Waals surface area contributed by atoms with E-state index < -0.39 is 39.1 Å². The Kier molecular flexibility index (Phi) is 6.97. The van der Waals surface area contributed by atoms with Gasteiger partial charge in [0.2, 0.25) is 0 Å². The van der Waals surface area contributed by atoms with E-state index in [0.717, 1.165) is 16.4 Å². The second-order valence-corrected chi connectivity index (χ2v) is 9.42. The molecule has 0 spiro atoms. The number of rotatable bonds is 8. The summed E-state index contributed by atoms with van der Waals surface area (Å²) in [7, 11) is -3.89. The van der Waals surface area contributed by atoms with E-state index in [1.807, 2.05) is 0 Å². The van der Waals surface area contributed by atoms with Crippen molar-refractivity contribution in [2.45, 2.75) is 49.6 Å². The number of nitrogens with zero attached hydrogens (tertiary/aromatic N) is 1. The fourth-order valence-electron chi connectivity index (χ4n) is 3.45. The van der Waals surface area contributed by atoms with Gasteiger partial charge >= 0.3 is 5.97 Å². The maximum Gasteiger partial charge on any atom is 0.326 e. The SMILES string of the molecule is CC(C)CC(N)(C(=O)C=CS(=O)(=O)c1ccccc1)C(=O)N1CCCC1C(=O)O. The predicted octanol–water partition coefficient (Wildman–Crippen LogP) is 1.36. The molecular weight excluding hydrogens is 396 g/mol. The first-order valence-electron chi connectivity index (χ1n) is 9.34. The second kappa shape index (κ2) is 8.87. The number of carbonyl (C=O) groups excluding carboxylic acids is 2. The number of carbonyl (C=O) groups is 3. The molecule has 0 radical (unpaired) electrons. The molecule has 0 aliphatic carbocycles. The molecule has 3 N–H and O–H groups in total. The van der Waals surface area contributed by atoms with Crippen molar-refractivity contribution in [3.8, 4) is 0 Å². The quantitative estimate of drug-likeness (QED) is 0.477. The molecule has 0 aromatic heterocycles. The molecule has 29 heavy (non-hydrogen) atoms. The van der Waals surface area contributed by atoms with Crippen LogP contribution in [-0.4, -0.2) is 54.2 Å². The summed E-state index contributed by atoms with van der Waals surface area (Å²) in [6, 6.07) is 6.51. The zero-order chi connectivity index (χ0) is 21.8. The smallest absolute Gasteiger partial charge is 0.326 e. The summed E-state index contributed by atoms with van der Waals surface area (Å²) in [6.07, 6.45) is 1.54. The second-order valence-electron chi connectivity index (χ2n) is 7.59. The van der Waals surface area contributed by atoms with Crippen molar-refractivity contribution in [3.05, 3.63) is 41.8 Å². The lowest BCUT2D eigenvalue weighted by Gasteiger charge is -2.33. The monoisotopic (exact) mass is 422 g/mol. The molecule has 1 saturated heterocycles. The zero-order valence-corrected chi connectivity index (χ0v) is 17.3. The maximum atomic E-state index is 13.1. The van der Waals surface area contributed by atoms with Gasteiger partial charge in [-0.2, -0.15) is 0 Å². The van der Waals surface area contributed by atoms with Gasteiger partial charge in [-0.1, -0.05) is 32.0 Å². The molecule has 0 bridgehead atoms. The Balaban J connectivity index is 2.34. The van der Waals surface area contributed by atoms with Crippen LogP contribution >= 0.6 is 0 Å². The number of aliphatic carboxylic acids is 1. The molecule has 1 aliphatic heterocycles. The minimum absolute atomic E-state index is 0.00680. The van der Waals surface area contributed by atoms with E-state index in [4.69, 9.17) is 5.73 Å². The third kappa shape index (κ3) is 5.10. The third-order valence-electron chi connectivity index (χ3n) is 4.82. The van der Waals surface area contributed by atoms with Crippen LogP contribution in [0.4, 0.5) is 0 Å². The molecule has 1 aromatic rings. The van der Waals surface area contributed by atoms with Crippen LogP contribution in [0.1, 0.15) is 33.1 Å². The lowest BCUT2D eigenvalue weighted by Crippen LogP contribution is -2.62. The number of ketones is 1. The lowest BCUT2D eigenvalue weighted by molar-refractivity contribution is -0.152. The summed E-state index contributed by atoms with van der Waals surface area (Å²) >= 11 is 0. The Morgan fingerprint density at radius 3 is 2.45 bits per heavy atom. The van der Waals surface area contributed by atoms with E-state index in [-0.39, 0.29) is 30.2 Å². The fraction of sp³-hybridized carbons (Fsp3) is 0.450. The number of carboxylic acid groups (broad SMARTS) is 1. The van der Waals surface area contributed by atoms with Gasteiger partial charge in [0.25, 0.3) is 5.91 Å². The van der Waals surface area contributed by atoms with Gasteiger partial charge < -0.3 is 15.7 Å². The van der Waals surface area contributed by atoms with E-state index in [9.17, 15) is 27.9 Å². The fourth-order valence-corrected chi connectivity index (χ4v) is 4.45. The first kappa shape index (κ1) is 22.8. The van der Waals surface area contributed by atoms with Crippen LogP contribution in [0.5, 0.6) is 0 Å². The molecule has 2 unspecified atom stereocenters. The van der Waals surface area contributed by atoms with E-state index in [1.54, 1.807) is 32.0 Å². The number of carboxylic acids is 1. The number of nitrogens with two attached hydrogens (primary N) is 1. The number of hydrogen-bond donors (Lipinski definition) is 2. The van der Waals surface area contributed by atoms with E-state index in [1.165, 1.54) is 12.1 Å². The highest BCUT2D eigenvalue weighted by atomic mass is 32.2. The van der Waals surface area contributed by atoms with Crippen molar-refractivity contribution < 1.29 is 27.9 Å². The number of sulfone groups is 1. The first-order valence-corrected chi connectivity index (χ1v) is 10.9. The van der Waals surface area contributed by atoms with Crippen LogP contribution in [0.25, 0.3) is 0 Å². The van der Waals surface area contributed by atoms with Crippen LogP contribution in [-0.2, 0) is 24.2 Å². The average molecular weight is 423 g/mol. The van der Waals surface area contributed by atoms with Gasteiger partial charge in [0.05, 0.1) is 4.90 Å². The van der Waals surface area contributed by atoms with E-state index >= 15 is 0 Å². The molecule has 158 valence electrons. The maximum absolute atomic E-state index is 13.1. The van der Waals surface area contributed by atoms with Gasteiger partial charge in [0, 0.05) is 12.0 Å². The summed E-state index contributed by atoms with van der Waals surface area (Å²) in [5.74, 6) is -2.97. The van der Waals surface area contributed by atoms with Crippen LogP contribution < -0.4 is 5.73 Å². The van der Waals surface area contributed by atoms with E-state index in [2.05, 4.69) is 0 Å². The predicted molar refractivity (Wildman–Crippen MR) is 107 cm³/mol. The Bertz CT molecular complexity index is 910. The van der Waals surface area contributed by atoms with Crippen LogP contribution in [0.3, 0.4) is 0 Å². The molecule has 1 heterocycles. The van der Waals surface area contributed by atoms with Gasteiger partial charge in [0.15, 0.2) is 21.2 Å². The van der Waals surface area contributed by atoms with Crippen molar-refractivity contribution in [1.82, 2.24) is 4.90 Å². The molecule has 1 amide bonds. The Labute approximate surface area is 170 Å². The highest BCUT2D eigenvalue weighted by Crippen LogP contribution is 2.26. The highest BCUT2D eigenvalue weighted by molar-refractivity contribution is 7.94. The molecule has 8 nitrogen and oxygen atoms in total. The number of likely N-dealkylation sites (tertiary alicyclic amines) is 1. The standard InChI is InChI=1S/C20H26N2O6S/c1-14(2)13-20(21,19(26)22-11-6-9-16(22)18(24)25)17(23)10-12-29(27,28)15-7-4-3-5-8-15/h3-5,7-8,10,12,14,16H,6,9,11,13,21H2,1-2H3,(H,24,25). The largest absolute Gasteiger partial charge is 0.480 e. The number of hydrogen-bond acceptors (Lipinski definition) is 6. The van der Waals surface area contributed by atoms with Crippen molar-refractivity contribution in [2.24, 2.45) is 11.7 Å². The normalized spacial score (nSPS) is 19.4. The van der Waals surface area contributed by atoms with Crippen molar-refractivity contribution in [2.75, 3.05) is 6.54 Å². The molecule has 9 heteroatoms. The number of benzene rings is 1. The van der Waals surface area contributed by atoms with Gasteiger partial charge in [-0.15, -0.1) is 0 Å². The molecular formula is C20H26N2O6S. The first-order chi connectivity index (χ1) is 13.5. The van der Waals surface area contributed by atoms with Crippen molar-refractivity contribution >= 4 is 27.5 Å². The van der Waals surface area contributed by atoms with Gasteiger partial charge in [-0.25, -0.2) is 13.2 Å². The van der Waals surface area contributed by atoms with Gasteiger partial charge in [0.1, 0.15) is 6.04 Å². The topological polar surface area (TPSA) is 135 Å². The Morgan fingerprint density at radius 2 is 1.90 bits per heavy atom. The summed E-state index contributed by atoms with van der Waals surface area (Å²) in [5.41, 5.74) is 4.18. The summed E-state index contributed by atoms with van der Waals surface area (Å²) in [4.78, 5) is 38.5. The van der Waals surface area contributed by atoms with Gasteiger partial charge in [-0.3, -0.25) is 9.59 Å². The summed E-state index contributed by atoms with van der Waals surface area (Å²) in [6.45, 7) is 3.72. The molecule has 0 saturated carbocycles. The molecule has 2 atom stereocenters. The summed E-state index contributed by atoms with van der Waals surface area (Å²) in [5, 5.41) is 10.1. The molecule has 1 aromatic carbocycles. The Morgan fingerprint density at radius 1 is 1.28 bits per heavy atom. The van der Waals surface area contributed by atoms with Crippen molar-refractivity contribution in [1.29, 1.82) is 0 Å². The molecule has 1 fully saturated rings. The van der Waals surface area contributed by atoms with Gasteiger partial charge in [-0.05, 0) is 43.4 Å². The minimum atomic E-state index is -3.89. The zero-order valence-electron chi connectivity index (χ0n) is 16.4. The van der Waals surface area contributed by atoms with E-state index in [0.29, 0.717) is 6.42 Å². The highest BCUT2D eigenvalue weighted by Gasteiger charge is 2.47. The molecule has 1 aliphatic rings.